The second kappa shape index (κ2) is 4.60. The van der Waals surface area contributed by atoms with Gasteiger partial charge in [0.25, 0.3) is 0 Å². The van der Waals surface area contributed by atoms with Crippen LogP contribution in [0.4, 0.5) is 0 Å². The molecule has 0 aromatic carbocycles. The van der Waals surface area contributed by atoms with Crippen molar-refractivity contribution < 1.29 is 10.2 Å². The fraction of sp³-hybridized carbons (Fsp3) is 0.900. The lowest BCUT2D eigenvalue weighted by Crippen LogP contribution is -2.55. The Morgan fingerprint density at radius 2 is 1.73 bits per heavy atom. The van der Waals surface area contributed by atoms with Crippen molar-refractivity contribution in [3.05, 3.63) is 11.6 Å². The third-order valence-corrected chi connectivity index (χ3v) is 8.46. The maximum Gasteiger partial charge on any atom is 0.168 e. The van der Waals surface area contributed by atoms with E-state index in [2.05, 4.69) is 26.8 Å². The first-order chi connectivity index (χ1) is 10.3. The molecule has 4 aliphatic carbocycles. The zero-order valence-electron chi connectivity index (χ0n) is 14.4. The van der Waals surface area contributed by atoms with Crippen LogP contribution in [-0.4, -0.2) is 16.0 Å². The van der Waals surface area contributed by atoms with Crippen LogP contribution < -0.4 is 0 Å². The summed E-state index contributed by atoms with van der Waals surface area (Å²) in [6.07, 6.45) is 11.7. The van der Waals surface area contributed by atoms with Crippen LogP contribution in [0.15, 0.2) is 11.6 Å². The molecule has 2 N–H and O–H groups in total. The van der Waals surface area contributed by atoms with Gasteiger partial charge in [-0.05, 0) is 67.6 Å². The number of aliphatic hydroxyl groups is 2. The van der Waals surface area contributed by atoms with Crippen LogP contribution in [0.5, 0.6) is 0 Å². The maximum absolute atomic E-state index is 10.6. The monoisotopic (exact) mass is 304 g/mol. The smallest absolute Gasteiger partial charge is 0.168 e. The number of rotatable bonds is 0. The summed E-state index contributed by atoms with van der Waals surface area (Å²) in [5.74, 6) is 1.04. The summed E-state index contributed by atoms with van der Waals surface area (Å²) in [7, 11) is 0. The van der Waals surface area contributed by atoms with E-state index in [0.717, 1.165) is 18.8 Å². The van der Waals surface area contributed by atoms with E-state index in [9.17, 15) is 10.2 Å². The zero-order chi connectivity index (χ0) is 15.8. The normalized spacial score (nSPS) is 53.2. The number of fused-ring (bicyclic) bond motifs is 5. The SMILES string of the molecule is CC1C=C2CCCC[C@]2(C)[C@@H]2CC[C@@]3(C)[C@@H](CCC3(O)O)[C@H]12. The van der Waals surface area contributed by atoms with E-state index in [-0.39, 0.29) is 5.41 Å². The molecule has 2 heteroatoms. The van der Waals surface area contributed by atoms with Gasteiger partial charge in [-0.1, -0.05) is 38.8 Å². The van der Waals surface area contributed by atoms with Crippen molar-refractivity contribution in [1.29, 1.82) is 0 Å². The molecule has 1 unspecified atom stereocenters. The molecule has 0 aromatic rings. The molecule has 0 spiro atoms. The van der Waals surface area contributed by atoms with Crippen LogP contribution >= 0.6 is 0 Å². The molecular weight excluding hydrogens is 272 g/mol. The van der Waals surface area contributed by atoms with Crippen molar-refractivity contribution in [2.24, 2.45) is 34.5 Å². The number of hydrogen-bond donors (Lipinski definition) is 2. The average Bonchev–Trinajstić information content (AvgIpc) is 2.70. The van der Waals surface area contributed by atoms with Gasteiger partial charge >= 0.3 is 0 Å². The van der Waals surface area contributed by atoms with Gasteiger partial charge in [0.2, 0.25) is 0 Å². The minimum Gasteiger partial charge on any atom is -0.365 e. The molecule has 0 heterocycles. The van der Waals surface area contributed by atoms with Gasteiger partial charge < -0.3 is 10.2 Å². The number of hydrogen-bond acceptors (Lipinski definition) is 2. The van der Waals surface area contributed by atoms with Crippen molar-refractivity contribution in [3.63, 3.8) is 0 Å². The first-order valence-electron chi connectivity index (χ1n) is 9.45. The molecule has 0 amide bonds. The quantitative estimate of drug-likeness (QED) is 0.518. The van der Waals surface area contributed by atoms with Crippen LogP contribution in [0, 0.1) is 34.5 Å². The summed E-state index contributed by atoms with van der Waals surface area (Å²) in [6, 6.07) is 0. The van der Waals surface area contributed by atoms with Crippen molar-refractivity contribution in [2.75, 3.05) is 0 Å². The first-order valence-corrected chi connectivity index (χ1v) is 9.45. The van der Waals surface area contributed by atoms with Crippen LogP contribution in [-0.2, 0) is 0 Å². The summed E-state index contributed by atoms with van der Waals surface area (Å²) >= 11 is 0. The summed E-state index contributed by atoms with van der Waals surface area (Å²) in [5.41, 5.74) is 1.83. The minimum absolute atomic E-state index is 0.293. The zero-order valence-corrected chi connectivity index (χ0v) is 14.4. The fourth-order valence-corrected chi connectivity index (χ4v) is 7.04. The Balaban J connectivity index is 1.76. The molecule has 4 rings (SSSR count). The Bertz CT molecular complexity index is 508. The van der Waals surface area contributed by atoms with E-state index >= 15 is 0 Å². The largest absolute Gasteiger partial charge is 0.365 e. The Kier molecular flexibility index (Phi) is 3.18. The van der Waals surface area contributed by atoms with Crippen molar-refractivity contribution in [3.8, 4) is 0 Å². The molecule has 0 aliphatic heterocycles. The van der Waals surface area contributed by atoms with Crippen LogP contribution in [0.3, 0.4) is 0 Å². The van der Waals surface area contributed by atoms with Crippen molar-refractivity contribution in [2.45, 2.75) is 77.9 Å². The summed E-state index contributed by atoms with van der Waals surface area (Å²) in [5, 5.41) is 21.1. The van der Waals surface area contributed by atoms with E-state index in [0.29, 0.717) is 29.6 Å². The Hall–Kier alpha value is -0.340. The third kappa shape index (κ3) is 1.74. The van der Waals surface area contributed by atoms with Gasteiger partial charge in [0.05, 0.1) is 0 Å². The van der Waals surface area contributed by atoms with Gasteiger partial charge in [0, 0.05) is 11.8 Å². The molecule has 3 saturated carbocycles. The van der Waals surface area contributed by atoms with Gasteiger partial charge in [0.15, 0.2) is 5.79 Å². The average molecular weight is 304 g/mol. The highest BCUT2D eigenvalue weighted by Gasteiger charge is 2.64. The minimum atomic E-state index is -1.44. The second-order valence-electron chi connectivity index (χ2n) is 9.28. The van der Waals surface area contributed by atoms with E-state index in [1.807, 2.05) is 0 Å². The Morgan fingerprint density at radius 1 is 1.00 bits per heavy atom. The molecule has 0 aromatic heterocycles. The molecule has 4 aliphatic rings. The standard InChI is InChI=1S/C20H32O2/c1-13-12-14-6-4-5-9-18(14,2)15-7-10-19(3)16(17(13)15)8-11-20(19,21)22/h12-13,15-17,21-22H,4-11H2,1-3H3/t13?,15-,16+,17-,18+,19+/m1/s1. The van der Waals surface area contributed by atoms with Crippen molar-refractivity contribution in [1.82, 2.24) is 0 Å². The van der Waals surface area contributed by atoms with Gasteiger partial charge in [-0.25, -0.2) is 0 Å². The van der Waals surface area contributed by atoms with E-state index in [1.165, 1.54) is 32.1 Å². The Labute approximate surface area is 135 Å². The predicted molar refractivity (Wildman–Crippen MR) is 88.0 cm³/mol. The predicted octanol–water partition coefficient (Wildman–Crippen LogP) is 4.27. The second-order valence-corrected chi connectivity index (χ2v) is 9.28. The summed E-state index contributed by atoms with van der Waals surface area (Å²) in [4.78, 5) is 0. The molecule has 6 atom stereocenters. The molecule has 0 radical (unpaired) electrons. The molecule has 22 heavy (non-hydrogen) atoms. The Morgan fingerprint density at radius 3 is 2.50 bits per heavy atom. The lowest BCUT2D eigenvalue weighted by molar-refractivity contribution is -0.248. The lowest BCUT2D eigenvalue weighted by atomic mass is 9.46. The summed E-state index contributed by atoms with van der Waals surface area (Å²) in [6.45, 7) is 7.06. The van der Waals surface area contributed by atoms with E-state index in [4.69, 9.17) is 0 Å². The lowest BCUT2D eigenvalue weighted by Gasteiger charge is -2.59. The molecule has 0 saturated heterocycles. The number of allylic oxidation sites excluding steroid dienone is 2. The van der Waals surface area contributed by atoms with Crippen molar-refractivity contribution >= 4 is 0 Å². The first kappa shape index (κ1) is 15.2. The highest BCUT2D eigenvalue weighted by molar-refractivity contribution is 5.26. The maximum atomic E-state index is 10.6. The topological polar surface area (TPSA) is 40.5 Å². The van der Waals surface area contributed by atoms with Crippen LogP contribution in [0.25, 0.3) is 0 Å². The van der Waals surface area contributed by atoms with Gasteiger partial charge in [-0.15, -0.1) is 0 Å². The van der Waals surface area contributed by atoms with E-state index in [1.54, 1.807) is 5.57 Å². The molecule has 0 bridgehead atoms. The molecular formula is C20H32O2. The summed E-state index contributed by atoms with van der Waals surface area (Å²) < 4.78 is 0. The van der Waals surface area contributed by atoms with Gasteiger partial charge in [-0.2, -0.15) is 0 Å². The molecule has 3 fully saturated rings. The van der Waals surface area contributed by atoms with Gasteiger partial charge in [0.1, 0.15) is 0 Å². The highest BCUT2D eigenvalue weighted by atomic mass is 16.5. The highest BCUT2D eigenvalue weighted by Crippen LogP contribution is 2.67. The molecule has 2 nitrogen and oxygen atoms in total. The molecule has 124 valence electrons. The van der Waals surface area contributed by atoms with Gasteiger partial charge in [-0.3, -0.25) is 0 Å². The third-order valence-electron chi connectivity index (χ3n) is 8.46. The van der Waals surface area contributed by atoms with Crippen LogP contribution in [0.2, 0.25) is 0 Å². The van der Waals surface area contributed by atoms with E-state index < -0.39 is 5.79 Å². The van der Waals surface area contributed by atoms with Crippen LogP contribution in [0.1, 0.15) is 72.1 Å². The fourth-order valence-electron chi connectivity index (χ4n) is 7.04.